The van der Waals surface area contributed by atoms with Crippen molar-refractivity contribution in [2.24, 2.45) is 0 Å². The lowest BCUT2D eigenvalue weighted by Crippen LogP contribution is -2.49. The van der Waals surface area contributed by atoms with Crippen molar-refractivity contribution in [3.8, 4) is 0 Å². The molecule has 4 rings (SSSR count). The van der Waals surface area contributed by atoms with Crippen LogP contribution in [0.2, 0.25) is 0 Å². The molecule has 0 unspecified atom stereocenters. The lowest BCUT2D eigenvalue weighted by Gasteiger charge is -2.31. The first-order valence-electron chi connectivity index (χ1n) is 10.2. The summed E-state index contributed by atoms with van der Waals surface area (Å²) < 4.78 is 7.31. The highest BCUT2D eigenvalue weighted by atomic mass is 16.6. The van der Waals surface area contributed by atoms with Gasteiger partial charge in [-0.3, -0.25) is 9.36 Å². The zero-order valence-electron chi connectivity index (χ0n) is 17.4. The molecule has 3 heterocycles. The molecule has 1 fully saturated rings. The molecule has 10 heteroatoms. The number of aliphatic hydroxyl groups is 2. The molecule has 164 valence electrons. The third kappa shape index (κ3) is 3.85. The molecule has 3 aromatic rings. The maximum Gasteiger partial charge on any atom is 0.254 e. The third-order valence-electron chi connectivity index (χ3n) is 5.67. The minimum absolute atomic E-state index is 0.117. The SMILES string of the molecule is CCN(C(=O)[C@H]1O[C@@H](n2cnc3c(N)ncnc32)[C@H](O)[C@@H]1O)[C@H](C)Cc1ccccc1. The molecule has 4 N–H and O–H groups in total. The molecule has 0 bridgehead atoms. The van der Waals surface area contributed by atoms with Gasteiger partial charge >= 0.3 is 0 Å². The van der Waals surface area contributed by atoms with E-state index in [4.69, 9.17) is 10.5 Å². The van der Waals surface area contributed by atoms with E-state index in [-0.39, 0.29) is 17.8 Å². The van der Waals surface area contributed by atoms with Crippen LogP contribution < -0.4 is 5.73 Å². The fourth-order valence-corrected chi connectivity index (χ4v) is 4.06. The van der Waals surface area contributed by atoms with Gasteiger partial charge in [0.2, 0.25) is 0 Å². The third-order valence-corrected chi connectivity index (χ3v) is 5.67. The lowest BCUT2D eigenvalue weighted by molar-refractivity contribution is -0.150. The molecule has 1 aliphatic rings. The number of nitrogens with two attached hydrogens (primary N) is 1. The Morgan fingerprint density at radius 3 is 2.68 bits per heavy atom. The maximum absolute atomic E-state index is 13.3. The van der Waals surface area contributed by atoms with Crippen molar-refractivity contribution in [2.75, 3.05) is 12.3 Å². The zero-order valence-corrected chi connectivity index (χ0v) is 17.4. The van der Waals surface area contributed by atoms with E-state index < -0.39 is 24.5 Å². The number of aromatic nitrogens is 4. The highest BCUT2D eigenvalue weighted by Crippen LogP contribution is 2.33. The van der Waals surface area contributed by atoms with Crippen molar-refractivity contribution < 1.29 is 19.7 Å². The topological polar surface area (TPSA) is 140 Å². The Bertz CT molecular complexity index is 1060. The van der Waals surface area contributed by atoms with Gasteiger partial charge in [-0.25, -0.2) is 15.0 Å². The van der Waals surface area contributed by atoms with Crippen LogP contribution in [0.3, 0.4) is 0 Å². The van der Waals surface area contributed by atoms with Gasteiger partial charge in [0.15, 0.2) is 23.8 Å². The highest BCUT2D eigenvalue weighted by Gasteiger charge is 2.49. The number of imidazole rings is 1. The number of nitrogens with zero attached hydrogens (tertiary/aromatic N) is 5. The molecule has 0 spiro atoms. The van der Waals surface area contributed by atoms with Crippen molar-refractivity contribution in [1.29, 1.82) is 0 Å². The predicted octanol–water partition coefficient (Wildman–Crippen LogP) is 0.507. The Morgan fingerprint density at radius 2 is 1.97 bits per heavy atom. The number of rotatable bonds is 6. The minimum Gasteiger partial charge on any atom is -0.387 e. The summed E-state index contributed by atoms with van der Waals surface area (Å²) in [5.41, 5.74) is 7.63. The summed E-state index contributed by atoms with van der Waals surface area (Å²) in [5, 5.41) is 21.3. The summed E-state index contributed by atoms with van der Waals surface area (Å²) in [6, 6.07) is 9.75. The first-order valence-corrected chi connectivity index (χ1v) is 10.2. The van der Waals surface area contributed by atoms with Gasteiger partial charge in [-0.1, -0.05) is 30.3 Å². The van der Waals surface area contributed by atoms with Crippen LogP contribution in [0.25, 0.3) is 11.2 Å². The fourth-order valence-electron chi connectivity index (χ4n) is 4.06. The molecule has 5 atom stereocenters. The Morgan fingerprint density at radius 1 is 1.23 bits per heavy atom. The molecule has 0 aliphatic carbocycles. The average molecular weight is 426 g/mol. The number of aliphatic hydroxyl groups excluding tert-OH is 2. The fraction of sp³-hybridized carbons (Fsp3) is 0.429. The number of hydrogen-bond acceptors (Lipinski definition) is 8. The normalized spacial score (nSPS) is 24.4. The van der Waals surface area contributed by atoms with Crippen LogP contribution in [0.4, 0.5) is 5.82 Å². The summed E-state index contributed by atoms with van der Waals surface area (Å²) in [5.74, 6) is -0.185. The second-order valence-electron chi connectivity index (χ2n) is 7.67. The molecule has 0 saturated carbocycles. The molecule has 10 nitrogen and oxygen atoms in total. The zero-order chi connectivity index (χ0) is 22.1. The second-order valence-corrected chi connectivity index (χ2v) is 7.67. The number of fused-ring (bicyclic) bond motifs is 1. The van der Waals surface area contributed by atoms with Crippen LogP contribution in [0.15, 0.2) is 43.0 Å². The highest BCUT2D eigenvalue weighted by molar-refractivity contribution is 5.83. The number of hydrogen-bond donors (Lipinski definition) is 3. The maximum atomic E-state index is 13.3. The average Bonchev–Trinajstić information content (AvgIpc) is 3.31. The Balaban J connectivity index is 1.54. The van der Waals surface area contributed by atoms with E-state index in [0.717, 1.165) is 5.56 Å². The van der Waals surface area contributed by atoms with Crippen LogP contribution >= 0.6 is 0 Å². The van der Waals surface area contributed by atoms with Crippen molar-refractivity contribution in [2.45, 2.75) is 50.8 Å². The summed E-state index contributed by atoms with van der Waals surface area (Å²) in [6.07, 6.45) is -1.64. The Hall–Kier alpha value is -3.08. The number of nitrogen functional groups attached to an aromatic ring is 1. The van der Waals surface area contributed by atoms with E-state index in [2.05, 4.69) is 15.0 Å². The summed E-state index contributed by atoms with van der Waals surface area (Å²) in [7, 11) is 0. The molecule has 1 aromatic carbocycles. The van der Waals surface area contributed by atoms with E-state index in [1.807, 2.05) is 44.2 Å². The molecular formula is C21H26N6O4. The van der Waals surface area contributed by atoms with E-state index in [0.29, 0.717) is 24.1 Å². The monoisotopic (exact) mass is 426 g/mol. The first kappa shape index (κ1) is 21.2. The molecule has 1 amide bonds. The number of carbonyl (C=O) groups excluding carboxylic acids is 1. The van der Waals surface area contributed by atoms with E-state index in [9.17, 15) is 15.0 Å². The van der Waals surface area contributed by atoms with Gasteiger partial charge in [-0.05, 0) is 25.8 Å². The minimum atomic E-state index is -1.40. The molecule has 1 aliphatic heterocycles. The summed E-state index contributed by atoms with van der Waals surface area (Å²) >= 11 is 0. The number of amides is 1. The Kier molecular flexibility index (Phi) is 5.86. The van der Waals surface area contributed by atoms with Gasteiger partial charge in [0.25, 0.3) is 5.91 Å². The molecular weight excluding hydrogens is 400 g/mol. The molecule has 0 radical (unpaired) electrons. The van der Waals surface area contributed by atoms with Crippen LogP contribution in [-0.2, 0) is 16.0 Å². The van der Waals surface area contributed by atoms with Gasteiger partial charge in [-0.2, -0.15) is 0 Å². The quantitative estimate of drug-likeness (QED) is 0.518. The van der Waals surface area contributed by atoms with Crippen molar-refractivity contribution in [3.05, 3.63) is 48.5 Å². The van der Waals surface area contributed by atoms with Crippen LogP contribution in [0.5, 0.6) is 0 Å². The van der Waals surface area contributed by atoms with Crippen molar-refractivity contribution >= 4 is 22.9 Å². The van der Waals surface area contributed by atoms with Crippen LogP contribution in [-0.4, -0.2) is 71.4 Å². The van der Waals surface area contributed by atoms with Gasteiger partial charge < -0.3 is 25.6 Å². The van der Waals surface area contributed by atoms with E-state index in [1.54, 1.807) is 4.90 Å². The molecule has 31 heavy (non-hydrogen) atoms. The summed E-state index contributed by atoms with van der Waals surface area (Å²) in [6.45, 7) is 4.27. The number of anilines is 1. The predicted molar refractivity (Wildman–Crippen MR) is 113 cm³/mol. The van der Waals surface area contributed by atoms with Crippen molar-refractivity contribution in [3.63, 3.8) is 0 Å². The number of carbonyl (C=O) groups is 1. The van der Waals surface area contributed by atoms with Gasteiger partial charge in [0.05, 0.1) is 6.33 Å². The van der Waals surface area contributed by atoms with E-state index in [1.165, 1.54) is 17.2 Å². The standard InChI is InChI=1S/C21H26N6O4/c1-3-26(12(2)9-13-7-5-4-6-8-13)20(30)17-15(28)16(29)21(31-17)27-11-25-14-18(22)23-10-24-19(14)27/h4-8,10-12,15-17,21,28-29H,3,9H2,1-2H3,(H2,22,23,24)/t12-,15+,16-,17+,21-/m1/s1. The smallest absolute Gasteiger partial charge is 0.254 e. The van der Waals surface area contributed by atoms with Gasteiger partial charge in [0.1, 0.15) is 24.1 Å². The largest absolute Gasteiger partial charge is 0.387 e. The van der Waals surface area contributed by atoms with E-state index >= 15 is 0 Å². The molecule has 1 saturated heterocycles. The number of benzene rings is 1. The second kappa shape index (κ2) is 8.58. The number of likely N-dealkylation sites (N-methyl/N-ethyl adjacent to an activating group) is 1. The van der Waals surface area contributed by atoms with Gasteiger partial charge in [0, 0.05) is 12.6 Å². The Labute approximate surface area is 179 Å². The van der Waals surface area contributed by atoms with Crippen molar-refractivity contribution in [1.82, 2.24) is 24.4 Å². The first-order chi connectivity index (χ1) is 14.9. The van der Waals surface area contributed by atoms with Crippen LogP contribution in [0, 0.1) is 0 Å². The van der Waals surface area contributed by atoms with Gasteiger partial charge in [-0.15, -0.1) is 0 Å². The lowest BCUT2D eigenvalue weighted by atomic mass is 10.0. The summed E-state index contributed by atoms with van der Waals surface area (Å²) in [4.78, 5) is 27.1. The van der Waals surface area contributed by atoms with Crippen LogP contribution in [0.1, 0.15) is 25.6 Å². The number of ether oxygens (including phenoxy) is 1. The molecule has 2 aromatic heterocycles.